The topological polar surface area (TPSA) is 97.0 Å². The van der Waals surface area contributed by atoms with Crippen LogP contribution < -0.4 is 10.6 Å². The van der Waals surface area contributed by atoms with Crippen molar-refractivity contribution in [2.24, 2.45) is 11.8 Å². The van der Waals surface area contributed by atoms with E-state index in [4.69, 9.17) is 9.47 Å². The third-order valence-corrected chi connectivity index (χ3v) is 8.62. The van der Waals surface area contributed by atoms with Crippen molar-refractivity contribution in [2.75, 3.05) is 18.5 Å². The number of hydrogen-bond donors (Lipinski definition) is 2. The van der Waals surface area contributed by atoms with Gasteiger partial charge in [0.05, 0.1) is 24.0 Å². The molecule has 2 N–H and O–H groups in total. The largest absolute Gasteiger partial charge is 0.376 e. The van der Waals surface area contributed by atoms with Crippen LogP contribution >= 0.6 is 0 Å². The standard InChI is InChI=1S/C28H35N3O5/c1-17-9-11-19(12-10-17)29-25(32)22-21-13-14-28(36-21)23(22)27(34)31(16-20-8-5-15-35-20)24(28)26(33)30-18-6-3-2-4-7-18/h9-14,18,20-24H,2-8,15-16H2,1H3,(H,29,32)(H,30,33)/t20?,21-,22?,23-,24?,28?/m1/s1. The predicted octanol–water partition coefficient (Wildman–Crippen LogP) is 2.71. The Morgan fingerprint density at radius 1 is 1.06 bits per heavy atom. The zero-order chi connectivity index (χ0) is 24.9. The average molecular weight is 494 g/mol. The first-order valence-corrected chi connectivity index (χ1v) is 13.4. The smallest absolute Gasteiger partial charge is 0.246 e. The van der Waals surface area contributed by atoms with E-state index >= 15 is 0 Å². The van der Waals surface area contributed by atoms with Gasteiger partial charge in [0.25, 0.3) is 0 Å². The van der Waals surface area contributed by atoms with Gasteiger partial charge < -0.3 is 25.0 Å². The van der Waals surface area contributed by atoms with Crippen LogP contribution in [0.5, 0.6) is 0 Å². The van der Waals surface area contributed by atoms with Gasteiger partial charge in [-0.2, -0.15) is 0 Å². The molecule has 4 aliphatic heterocycles. The summed E-state index contributed by atoms with van der Waals surface area (Å²) >= 11 is 0. The summed E-state index contributed by atoms with van der Waals surface area (Å²) in [5, 5.41) is 6.20. The van der Waals surface area contributed by atoms with Crippen LogP contribution in [0.25, 0.3) is 0 Å². The maximum Gasteiger partial charge on any atom is 0.246 e. The molecule has 36 heavy (non-hydrogen) atoms. The van der Waals surface area contributed by atoms with Crippen LogP contribution in [0, 0.1) is 18.8 Å². The van der Waals surface area contributed by atoms with Gasteiger partial charge in [0.1, 0.15) is 11.6 Å². The van der Waals surface area contributed by atoms with Crippen LogP contribution in [0.2, 0.25) is 0 Å². The number of nitrogens with zero attached hydrogens (tertiary/aromatic N) is 1. The van der Waals surface area contributed by atoms with E-state index in [0.29, 0.717) is 18.8 Å². The maximum absolute atomic E-state index is 14.0. The summed E-state index contributed by atoms with van der Waals surface area (Å²) < 4.78 is 12.3. The summed E-state index contributed by atoms with van der Waals surface area (Å²) in [5.41, 5.74) is 0.648. The number of carbonyl (C=O) groups is 3. The van der Waals surface area contributed by atoms with E-state index in [1.807, 2.05) is 43.3 Å². The minimum atomic E-state index is -1.13. The maximum atomic E-state index is 14.0. The molecular formula is C28H35N3O5. The van der Waals surface area contributed by atoms with Crippen molar-refractivity contribution in [1.29, 1.82) is 0 Å². The number of amides is 3. The highest BCUT2D eigenvalue weighted by Gasteiger charge is 2.73. The lowest BCUT2D eigenvalue weighted by atomic mass is 9.74. The number of aryl methyl sites for hydroxylation is 1. The Kier molecular flexibility index (Phi) is 6.12. The van der Waals surface area contributed by atoms with E-state index in [1.165, 1.54) is 6.42 Å². The first-order chi connectivity index (χ1) is 17.5. The molecule has 1 aromatic rings. The van der Waals surface area contributed by atoms with Gasteiger partial charge >= 0.3 is 0 Å². The molecule has 5 aliphatic rings. The number of rotatable bonds is 6. The molecule has 6 atom stereocenters. The second-order valence-electron chi connectivity index (χ2n) is 11.0. The van der Waals surface area contributed by atoms with Crippen molar-refractivity contribution in [3.8, 4) is 0 Å². The Hall–Kier alpha value is -2.71. The summed E-state index contributed by atoms with van der Waals surface area (Å²) in [5.74, 6) is -2.05. The Morgan fingerprint density at radius 3 is 2.56 bits per heavy atom. The Balaban J connectivity index is 1.29. The summed E-state index contributed by atoms with van der Waals surface area (Å²) in [7, 11) is 0. The number of hydrogen-bond acceptors (Lipinski definition) is 5. The monoisotopic (exact) mass is 493 g/mol. The minimum Gasteiger partial charge on any atom is -0.376 e. The van der Waals surface area contributed by atoms with Crippen LogP contribution in [0.1, 0.15) is 50.5 Å². The molecule has 192 valence electrons. The molecule has 1 aliphatic carbocycles. The Morgan fingerprint density at radius 2 is 1.83 bits per heavy atom. The highest BCUT2D eigenvalue weighted by atomic mass is 16.5. The SMILES string of the molecule is Cc1ccc(NC(=O)C2[C@H]3C=CC4(O3)C(C(=O)NC3CCCCC3)N(CC3CCCO3)C(=O)[C@@H]24)cc1. The van der Waals surface area contributed by atoms with Crippen LogP contribution in [0.3, 0.4) is 0 Å². The zero-order valence-corrected chi connectivity index (χ0v) is 20.8. The number of benzene rings is 1. The number of carbonyl (C=O) groups excluding carboxylic acids is 3. The molecule has 6 rings (SSSR count). The van der Waals surface area contributed by atoms with E-state index in [9.17, 15) is 14.4 Å². The quantitative estimate of drug-likeness (QED) is 0.594. The minimum absolute atomic E-state index is 0.102. The molecule has 3 saturated heterocycles. The van der Waals surface area contributed by atoms with Gasteiger partial charge in [0.2, 0.25) is 17.7 Å². The van der Waals surface area contributed by atoms with E-state index in [2.05, 4.69) is 10.6 Å². The van der Waals surface area contributed by atoms with E-state index in [-0.39, 0.29) is 29.9 Å². The molecule has 8 nitrogen and oxygen atoms in total. The lowest BCUT2D eigenvalue weighted by molar-refractivity contribution is -0.143. The summed E-state index contributed by atoms with van der Waals surface area (Å²) in [6.07, 6.45) is 10.2. The molecule has 0 aromatic heterocycles. The highest BCUT2D eigenvalue weighted by molar-refractivity contribution is 6.02. The van der Waals surface area contributed by atoms with Gasteiger partial charge in [-0.1, -0.05) is 49.1 Å². The number of anilines is 1. The Labute approximate surface area is 211 Å². The van der Waals surface area contributed by atoms with Crippen molar-refractivity contribution < 1.29 is 23.9 Å². The number of ether oxygens (including phenoxy) is 2. The van der Waals surface area contributed by atoms with E-state index in [1.54, 1.807) is 4.90 Å². The molecular weight excluding hydrogens is 458 g/mol. The number of nitrogens with one attached hydrogen (secondary N) is 2. The molecule has 8 heteroatoms. The van der Waals surface area contributed by atoms with Crippen molar-refractivity contribution in [3.63, 3.8) is 0 Å². The van der Waals surface area contributed by atoms with Gasteiger partial charge in [0.15, 0.2) is 0 Å². The molecule has 3 amide bonds. The number of fused-ring (bicyclic) bond motifs is 1. The second kappa shape index (κ2) is 9.30. The molecule has 0 radical (unpaired) electrons. The predicted molar refractivity (Wildman–Crippen MR) is 133 cm³/mol. The Bertz CT molecular complexity index is 1060. The summed E-state index contributed by atoms with van der Waals surface area (Å²) in [6, 6.07) is 6.89. The molecule has 4 heterocycles. The number of likely N-dealkylation sites (tertiary alicyclic amines) is 1. The summed E-state index contributed by atoms with van der Waals surface area (Å²) in [6.45, 7) is 3.00. The average Bonchev–Trinajstić information content (AvgIpc) is 3.64. The normalized spacial score (nSPS) is 35.3. The van der Waals surface area contributed by atoms with Crippen LogP contribution in [-0.2, 0) is 23.9 Å². The molecule has 4 fully saturated rings. The molecule has 4 unspecified atom stereocenters. The second-order valence-corrected chi connectivity index (χ2v) is 11.0. The van der Waals surface area contributed by atoms with Crippen LogP contribution in [0.15, 0.2) is 36.4 Å². The third kappa shape index (κ3) is 3.95. The van der Waals surface area contributed by atoms with Gasteiger partial charge in [-0.3, -0.25) is 14.4 Å². The lowest BCUT2D eigenvalue weighted by Crippen LogP contribution is -2.57. The zero-order valence-electron chi connectivity index (χ0n) is 20.8. The van der Waals surface area contributed by atoms with Gasteiger partial charge in [-0.25, -0.2) is 0 Å². The summed E-state index contributed by atoms with van der Waals surface area (Å²) in [4.78, 5) is 42.9. The van der Waals surface area contributed by atoms with Gasteiger partial charge in [-0.15, -0.1) is 0 Å². The van der Waals surface area contributed by atoms with Crippen LogP contribution in [0.4, 0.5) is 5.69 Å². The molecule has 2 bridgehead atoms. The van der Waals surface area contributed by atoms with Gasteiger partial charge in [-0.05, 0) is 44.7 Å². The van der Waals surface area contributed by atoms with Crippen molar-refractivity contribution in [1.82, 2.24) is 10.2 Å². The van der Waals surface area contributed by atoms with Crippen molar-refractivity contribution >= 4 is 23.4 Å². The van der Waals surface area contributed by atoms with Crippen molar-refractivity contribution in [2.45, 2.75) is 81.8 Å². The van der Waals surface area contributed by atoms with Crippen LogP contribution in [-0.4, -0.2) is 65.7 Å². The van der Waals surface area contributed by atoms with E-state index in [0.717, 1.165) is 44.1 Å². The molecule has 1 saturated carbocycles. The first kappa shape index (κ1) is 23.7. The first-order valence-electron chi connectivity index (χ1n) is 13.4. The lowest BCUT2D eigenvalue weighted by Gasteiger charge is -2.34. The molecule has 1 aromatic carbocycles. The van der Waals surface area contributed by atoms with E-state index < -0.39 is 29.6 Å². The fraction of sp³-hybridized carbons (Fsp3) is 0.607. The fourth-order valence-electron chi connectivity index (χ4n) is 6.86. The third-order valence-electron chi connectivity index (χ3n) is 8.62. The van der Waals surface area contributed by atoms with Crippen molar-refractivity contribution in [3.05, 3.63) is 42.0 Å². The molecule has 1 spiro atoms. The highest BCUT2D eigenvalue weighted by Crippen LogP contribution is 2.55. The fourth-order valence-corrected chi connectivity index (χ4v) is 6.86. The van der Waals surface area contributed by atoms with Gasteiger partial charge in [0, 0.05) is 24.9 Å².